The summed E-state index contributed by atoms with van der Waals surface area (Å²) in [4.78, 5) is 2.57. The van der Waals surface area contributed by atoms with Crippen molar-refractivity contribution in [1.29, 1.82) is 0 Å². The number of piperidine rings is 1. The van der Waals surface area contributed by atoms with Crippen LogP contribution in [0, 0.1) is 5.41 Å². The third-order valence-corrected chi connectivity index (χ3v) is 6.72. The third kappa shape index (κ3) is 1.97. The number of rotatable bonds is 1. The predicted octanol–water partition coefficient (Wildman–Crippen LogP) is 2.64. The van der Waals surface area contributed by atoms with E-state index in [4.69, 9.17) is 4.74 Å². The lowest BCUT2D eigenvalue weighted by molar-refractivity contribution is 0.0365. The zero-order chi connectivity index (χ0) is 16.5. The number of hydrogen-bond donors (Lipinski definition) is 1. The molecule has 2 fully saturated rings. The zero-order valence-electron chi connectivity index (χ0n) is 14.5. The maximum Gasteiger partial charge on any atom is 0.0974 e. The Morgan fingerprint density at radius 3 is 3.00 bits per heavy atom. The van der Waals surface area contributed by atoms with E-state index in [0.29, 0.717) is 12.2 Å². The monoisotopic (exact) mass is 326 g/mol. The largest absolute Gasteiger partial charge is 0.387 e. The number of para-hydroxylation sites is 1. The fourth-order valence-electron chi connectivity index (χ4n) is 5.41. The van der Waals surface area contributed by atoms with Crippen molar-refractivity contribution in [3.63, 3.8) is 0 Å². The summed E-state index contributed by atoms with van der Waals surface area (Å²) in [5.41, 5.74) is 3.79. The minimum absolute atomic E-state index is 0.0976. The van der Waals surface area contributed by atoms with Gasteiger partial charge in [0.05, 0.1) is 24.0 Å². The Balaban J connectivity index is 1.66. The summed E-state index contributed by atoms with van der Waals surface area (Å²) in [5.74, 6) is 0. The van der Waals surface area contributed by atoms with Gasteiger partial charge in [-0.3, -0.25) is 4.90 Å². The summed E-state index contributed by atoms with van der Waals surface area (Å²) < 4.78 is 8.22. The van der Waals surface area contributed by atoms with E-state index in [9.17, 15) is 5.11 Å². The third-order valence-electron chi connectivity index (χ3n) is 6.72. The summed E-state index contributed by atoms with van der Waals surface area (Å²) in [6.07, 6.45) is 3.21. The molecule has 1 aromatic carbocycles. The highest BCUT2D eigenvalue weighted by Gasteiger charge is 2.58. The first-order valence-electron chi connectivity index (χ1n) is 9.25. The summed E-state index contributed by atoms with van der Waals surface area (Å²) in [5, 5.41) is 12.5. The van der Waals surface area contributed by atoms with Crippen LogP contribution in [-0.2, 0) is 18.2 Å². The number of benzene rings is 1. The van der Waals surface area contributed by atoms with Crippen LogP contribution in [0.5, 0.6) is 0 Å². The first kappa shape index (κ1) is 14.9. The molecule has 24 heavy (non-hydrogen) atoms. The van der Waals surface area contributed by atoms with Crippen molar-refractivity contribution in [2.24, 2.45) is 12.5 Å². The van der Waals surface area contributed by atoms with Crippen LogP contribution in [0.25, 0.3) is 10.9 Å². The second kappa shape index (κ2) is 5.07. The van der Waals surface area contributed by atoms with Gasteiger partial charge in [-0.05, 0) is 30.9 Å². The Morgan fingerprint density at radius 1 is 1.33 bits per heavy atom. The van der Waals surface area contributed by atoms with Crippen LogP contribution in [0.2, 0.25) is 0 Å². The summed E-state index contributed by atoms with van der Waals surface area (Å²) in [6.45, 7) is 5.44. The lowest BCUT2D eigenvalue weighted by Crippen LogP contribution is -2.49. The maximum atomic E-state index is 11.2. The van der Waals surface area contributed by atoms with E-state index in [0.717, 1.165) is 44.6 Å². The van der Waals surface area contributed by atoms with Crippen LogP contribution in [0.4, 0.5) is 0 Å². The van der Waals surface area contributed by atoms with E-state index in [-0.39, 0.29) is 5.41 Å². The molecular formula is C20H26N2O2. The average molecular weight is 326 g/mol. The number of aliphatic hydroxyl groups is 1. The first-order chi connectivity index (χ1) is 11.6. The second-order valence-electron chi connectivity index (χ2n) is 7.96. The van der Waals surface area contributed by atoms with Gasteiger partial charge in [-0.15, -0.1) is 0 Å². The Bertz CT molecular complexity index is 798. The molecule has 0 amide bonds. The predicted molar refractivity (Wildman–Crippen MR) is 94.0 cm³/mol. The van der Waals surface area contributed by atoms with Crippen molar-refractivity contribution in [2.75, 3.05) is 19.6 Å². The minimum atomic E-state index is -0.416. The molecule has 0 aliphatic carbocycles. The fraction of sp³-hybridized carbons (Fsp3) is 0.600. The van der Waals surface area contributed by atoms with Crippen LogP contribution >= 0.6 is 0 Å². The molecule has 1 N–H and O–H groups in total. The number of epoxide rings is 1. The van der Waals surface area contributed by atoms with Gasteiger partial charge in [-0.2, -0.15) is 0 Å². The molecule has 0 saturated carbocycles. The topological polar surface area (TPSA) is 40.9 Å². The highest BCUT2D eigenvalue weighted by atomic mass is 16.6. The zero-order valence-corrected chi connectivity index (χ0v) is 14.5. The van der Waals surface area contributed by atoms with Crippen LogP contribution in [0.15, 0.2) is 24.3 Å². The highest BCUT2D eigenvalue weighted by molar-refractivity contribution is 5.85. The summed E-state index contributed by atoms with van der Waals surface area (Å²) >= 11 is 0. The van der Waals surface area contributed by atoms with Crippen LogP contribution in [-0.4, -0.2) is 46.4 Å². The van der Waals surface area contributed by atoms with Gasteiger partial charge in [0.2, 0.25) is 0 Å². The minimum Gasteiger partial charge on any atom is -0.387 e. The lowest BCUT2D eigenvalue weighted by Gasteiger charge is -2.40. The van der Waals surface area contributed by atoms with Gasteiger partial charge in [0.1, 0.15) is 0 Å². The number of aromatic nitrogens is 1. The Morgan fingerprint density at radius 2 is 2.17 bits per heavy atom. The maximum absolute atomic E-state index is 11.2. The molecular weight excluding hydrogens is 300 g/mol. The molecule has 3 aliphatic heterocycles. The molecule has 2 aromatic rings. The normalized spacial score (nSPS) is 38.0. The molecule has 3 aliphatic rings. The smallest absolute Gasteiger partial charge is 0.0974 e. The van der Waals surface area contributed by atoms with E-state index in [1.165, 1.54) is 16.5 Å². The lowest BCUT2D eigenvalue weighted by atomic mass is 9.73. The molecule has 0 spiro atoms. The molecule has 1 aromatic heterocycles. The van der Waals surface area contributed by atoms with Crippen molar-refractivity contribution in [3.8, 4) is 0 Å². The number of fused-ring (bicyclic) bond motifs is 7. The Hall–Kier alpha value is -1.36. The van der Waals surface area contributed by atoms with E-state index < -0.39 is 6.10 Å². The van der Waals surface area contributed by atoms with Crippen LogP contribution < -0.4 is 0 Å². The second-order valence-corrected chi connectivity index (χ2v) is 7.96. The molecule has 2 bridgehead atoms. The van der Waals surface area contributed by atoms with E-state index in [1.807, 2.05) is 0 Å². The van der Waals surface area contributed by atoms with Gasteiger partial charge in [0.25, 0.3) is 0 Å². The molecule has 128 valence electrons. The molecule has 5 atom stereocenters. The van der Waals surface area contributed by atoms with Crippen molar-refractivity contribution < 1.29 is 9.84 Å². The molecule has 0 radical (unpaired) electrons. The van der Waals surface area contributed by atoms with Gasteiger partial charge in [-0.25, -0.2) is 0 Å². The summed E-state index contributed by atoms with van der Waals surface area (Å²) in [6, 6.07) is 8.56. The standard InChI is InChI=1S/C20H26N2O2/c1-3-20-10-16(23)18-14(13-6-4-5-7-15(13)21(18)2)8-9-22(12-20)11-17-19(20)24-17/h4-7,16-17,19,23H,3,8-12H2,1-2H3. The SMILES string of the molecule is CCC12CC(O)c3c(c4ccccc4n3C)CCN(CC3OC31)C2. The number of aliphatic hydroxyl groups excluding tert-OH is 1. The fourth-order valence-corrected chi connectivity index (χ4v) is 5.41. The van der Waals surface area contributed by atoms with E-state index in [2.05, 4.69) is 47.7 Å². The molecule has 5 unspecified atom stereocenters. The van der Waals surface area contributed by atoms with Crippen molar-refractivity contribution >= 4 is 10.9 Å². The number of nitrogens with zero attached hydrogens (tertiary/aromatic N) is 2. The van der Waals surface area contributed by atoms with Crippen LogP contribution in [0.1, 0.15) is 37.1 Å². The van der Waals surface area contributed by atoms with Crippen LogP contribution in [0.3, 0.4) is 0 Å². The van der Waals surface area contributed by atoms with Gasteiger partial charge in [0.15, 0.2) is 0 Å². The molecule has 4 heteroatoms. The van der Waals surface area contributed by atoms with Gasteiger partial charge in [-0.1, -0.05) is 25.1 Å². The quantitative estimate of drug-likeness (QED) is 0.819. The number of hydrogen-bond acceptors (Lipinski definition) is 3. The van der Waals surface area contributed by atoms with E-state index in [1.54, 1.807) is 0 Å². The number of aryl methyl sites for hydroxylation is 1. The van der Waals surface area contributed by atoms with Gasteiger partial charge in [0, 0.05) is 43.0 Å². The van der Waals surface area contributed by atoms with Crippen molar-refractivity contribution in [3.05, 3.63) is 35.5 Å². The first-order valence-corrected chi connectivity index (χ1v) is 9.25. The molecule has 4 heterocycles. The molecule has 2 saturated heterocycles. The van der Waals surface area contributed by atoms with Gasteiger partial charge >= 0.3 is 0 Å². The average Bonchev–Trinajstić information content (AvgIpc) is 3.31. The Kier molecular flexibility index (Phi) is 3.16. The van der Waals surface area contributed by atoms with Gasteiger partial charge < -0.3 is 14.4 Å². The van der Waals surface area contributed by atoms with Crippen molar-refractivity contribution in [1.82, 2.24) is 9.47 Å². The highest BCUT2D eigenvalue weighted by Crippen LogP contribution is 2.51. The van der Waals surface area contributed by atoms with E-state index >= 15 is 0 Å². The summed E-state index contributed by atoms with van der Waals surface area (Å²) in [7, 11) is 2.10. The molecule has 5 rings (SSSR count). The number of ether oxygens (including phenoxy) is 1. The van der Waals surface area contributed by atoms with Crippen molar-refractivity contribution in [2.45, 2.75) is 44.5 Å². The Labute approximate surface area is 143 Å². The molecule has 4 nitrogen and oxygen atoms in total.